The van der Waals surface area contributed by atoms with Gasteiger partial charge in [0.05, 0.1) is 18.5 Å². The van der Waals surface area contributed by atoms with Gasteiger partial charge in [-0.2, -0.15) is 4.36 Å². The van der Waals surface area contributed by atoms with Crippen LogP contribution in [-0.2, 0) is 15.1 Å². The number of aromatic nitrogens is 1. The van der Waals surface area contributed by atoms with Crippen molar-refractivity contribution in [2.24, 2.45) is 4.36 Å². The van der Waals surface area contributed by atoms with Gasteiger partial charge in [0.2, 0.25) is 0 Å². The molecular weight excluding hydrogens is 294 g/mol. The summed E-state index contributed by atoms with van der Waals surface area (Å²) in [5.41, 5.74) is 1.45. The summed E-state index contributed by atoms with van der Waals surface area (Å²) in [5.74, 6) is 0.260. The van der Waals surface area contributed by atoms with Gasteiger partial charge in [-0.15, -0.1) is 0 Å². The van der Waals surface area contributed by atoms with E-state index in [0.717, 1.165) is 18.5 Å². The minimum absolute atomic E-state index is 0.260. The summed E-state index contributed by atoms with van der Waals surface area (Å²) in [6.45, 7) is 3.17. The number of rotatable bonds is 4. The zero-order chi connectivity index (χ0) is 15.2. The van der Waals surface area contributed by atoms with E-state index in [2.05, 4.69) is 9.35 Å². The maximum absolute atomic E-state index is 11.4. The van der Waals surface area contributed by atoms with Crippen LogP contribution in [0.25, 0.3) is 0 Å². The first-order valence-corrected chi connectivity index (χ1v) is 7.98. The number of piperidine rings is 1. The maximum Gasteiger partial charge on any atom is 0.407 e. The van der Waals surface area contributed by atoms with Gasteiger partial charge in [-0.3, -0.25) is 9.17 Å². The Hall–Kier alpha value is -1.67. The van der Waals surface area contributed by atoms with Gasteiger partial charge < -0.3 is 10.0 Å². The van der Waals surface area contributed by atoms with Crippen molar-refractivity contribution in [1.29, 1.82) is 0 Å². The number of likely N-dealkylation sites (tertiary alicyclic amines) is 1. The Bertz CT molecular complexity index is 561. The van der Waals surface area contributed by atoms with E-state index < -0.39 is 17.0 Å². The highest BCUT2D eigenvalue weighted by atomic mass is 32.2. The molecule has 1 aliphatic heterocycles. The molecule has 1 fully saturated rings. The Morgan fingerprint density at radius 3 is 2.76 bits per heavy atom. The molecule has 1 atom stereocenters. The van der Waals surface area contributed by atoms with Crippen LogP contribution < -0.4 is 0 Å². The number of hydrogen-bond donors (Lipinski definition) is 2. The number of carbonyl (C=O) groups is 1. The molecule has 8 heteroatoms. The normalized spacial score (nSPS) is 17.9. The number of nitrogens with zero attached hydrogens (tertiary/aromatic N) is 3. The maximum atomic E-state index is 11.4. The lowest BCUT2D eigenvalue weighted by Gasteiger charge is -2.29. The Balaban J connectivity index is 1.98. The van der Waals surface area contributed by atoms with Crippen molar-refractivity contribution in [3.63, 3.8) is 0 Å². The van der Waals surface area contributed by atoms with E-state index in [1.165, 1.54) is 4.90 Å². The molecule has 7 nitrogen and oxygen atoms in total. The van der Waals surface area contributed by atoms with E-state index in [4.69, 9.17) is 9.29 Å². The summed E-state index contributed by atoms with van der Waals surface area (Å²) >= 11 is 0. The van der Waals surface area contributed by atoms with Crippen LogP contribution in [-0.4, -0.2) is 45.0 Å². The highest BCUT2D eigenvalue weighted by Gasteiger charge is 2.23. The minimum Gasteiger partial charge on any atom is -0.465 e. The molecule has 0 bridgehead atoms. The second kappa shape index (κ2) is 7.37. The fourth-order valence-corrected chi connectivity index (χ4v) is 2.88. The fourth-order valence-electron chi connectivity index (χ4n) is 2.30. The number of amides is 1. The second-order valence-corrected chi connectivity index (χ2v) is 5.67. The molecule has 1 aromatic heterocycles. The highest BCUT2D eigenvalue weighted by Crippen LogP contribution is 2.27. The zero-order valence-corrected chi connectivity index (χ0v) is 12.7. The topological polar surface area (TPSA) is 92.1 Å². The van der Waals surface area contributed by atoms with Gasteiger partial charge in [0.25, 0.3) is 0 Å². The summed E-state index contributed by atoms with van der Waals surface area (Å²) in [5, 5.41) is 8.92. The number of thiol groups is 1. The third kappa shape index (κ3) is 4.40. The van der Waals surface area contributed by atoms with Crippen molar-refractivity contribution in [1.82, 2.24) is 9.88 Å². The molecule has 0 spiro atoms. The molecule has 1 unspecified atom stereocenters. The Morgan fingerprint density at radius 1 is 1.52 bits per heavy atom. The molecule has 2 rings (SSSR count). The minimum atomic E-state index is -2.03. The molecule has 0 aliphatic carbocycles. The molecule has 116 valence electrons. The summed E-state index contributed by atoms with van der Waals surface area (Å²) in [4.78, 5) is 16.6. The SMILES string of the molecule is CCO[SH](=O)=Nc1ccc(C2CCN(C(=O)O)CC2)nc1. The van der Waals surface area contributed by atoms with Crippen LogP contribution in [0.5, 0.6) is 0 Å². The lowest BCUT2D eigenvalue weighted by Crippen LogP contribution is -2.36. The van der Waals surface area contributed by atoms with Crippen LogP contribution in [0.15, 0.2) is 22.7 Å². The highest BCUT2D eigenvalue weighted by molar-refractivity contribution is 7.69. The van der Waals surface area contributed by atoms with Crippen LogP contribution >= 0.6 is 0 Å². The number of carboxylic acid groups (broad SMARTS) is 1. The van der Waals surface area contributed by atoms with Crippen LogP contribution in [0.2, 0.25) is 0 Å². The molecule has 1 amide bonds. The quantitative estimate of drug-likeness (QED) is 0.831. The summed E-state index contributed by atoms with van der Waals surface area (Å²) in [7, 11) is -2.03. The lowest BCUT2D eigenvalue weighted by molar-refractivity contribution is 0.131. The summed E-state index contributed by atoms with van der Waals surface area (Å²) < 4.78 is 20.2. The Kier molecular flexibility index (Phi) is 5.51. The predicted octanol–water partition coefficient (Wildman–Crippen LogP) is 2.19. The average Bonchev–Trinajstić information content (AvgIpc) is 2.48. The standard InChI is InChI=1S/C13H19N3O4S/c1-2-20-21(19)15-11-3-4-12(14-9-11)10-5-7-16(8-6-10)13(17)18/h3-4,9-10,21H,2,5-8H2,1H3,(H,17,18). The van der Waals surface area contributed by atoms with Crippen molar-refractivity contribution >= 4 is 22.7 Å². The molecule has 0 saturated carbocycles. The Labute approximate surface area is 125 Å². The molecule has 1 aliphatic rings. The smallest absolute Gasteiger partial charge is 0.407 e. The largest absolute Gasteiger partial charge is 0.465 e. The molecule has 0 aromatic carbocycles. The van der Waals surface area contributed by atoms with Gasteiger partial charge >= 0.3 is 6.09 Å². The first-order valence-electron chi connectivity index (χ1n) is 6.85. The van der Waals surface area contributed by atoms with Gasteiger partial charge in [-0.05, 0) is 31.9 Å². The molecule has 1 N–H and O–H groups in total. The fraction of sp³-hybridized carbons (Fsp3) is 0.538. The number of hydrogen-bond acceptors (Lipinski definition) is 5. The monoisotopic (exact) mass is 313 g/mol. The van der Waals surface area contributed by atoms with E-state index in [9.17, 15) is 9.00 Å². The van der Waals surface area contributed by atoms with Gasteiger partial charge in [-0.1, -0.05) is 0 Å². The molecule has 0 radical (unpaired) electrons. The van der Waals surface area contributed by atoms with E-state index in [-0.39, 0.29) is 5.92 Å². The van der Waals surface area contributed by atoms with Crippen molar-refractivity contribution in [2.45, 2.75) is 25.7 Å². The Morgan fingerprint density at radius 2 is 2.24 bits per heavy atom. The van der Waals surface area contributed by atoms with Gasteiger partial charge in [0.15, 0.2) is 10.9 Å². The van der Waals surface area contributed by atoms with Crippen molar-refractivity contribution in [3.05, 3.63) is 24.0 Å². The zero-order valence-electron chi connectivity index (χ0n) is 11.8. The van der Waals surface area contributed by atoms with E-state index in [1.54, 1.807) is 19.2 Å². The molecule has 1 aromatic rings. The molecule has 2 heterocycles. The first-order chi connectivity index (χ1) is 10.1. The van der Waals surface area contributed by atoms with Crippen molar-refractivity contribution in [2.75, 3.05) is 19.7 Å². The lowest BCUT2D eigenvalue weighted by atomic mass is 9.93. The predicted molar refractivity (Wildman–Crippen MR) is 79.1 cm³/mol. The van der Waals surface area contributed by atoms with E-state index in [0.29, 0.717) is 25.4 Å². The third-order valence-corrected chi connectivity index (χ3v) is 4.26. The third-order valence-electron chi connectivity index (χ3n) is 3.39. The van der Waals surface area contributed by atoms with Crippen LogP contribution in [0.4, 0.5) is 10.5 Å². The van der Waals surface area contributed by atoms with Crippen molar-refractivity contribution in [3.8, 4) is 0 Å². The molecular formula is C13H19N3O4S. The van der Waals surface area contributed by atoms with E-state index >= 15 is 0 Å². The average molecular weight is 313 g/mol. The summed E-state index contributed by atoms with van der Waals surface area (Å²) in [6, 6.07) is 3.62. The van der Waals surface area contributed by atoms with Crippen LogP contribution in [0.1, 0.15) is 31.4 Å². The van der Waals surface area contributed by atoms with Gasteiger partial charge in [0, 0.05) is 24.7 Å². The van der Waals surface area contributed by atoms with Gasteiger partial charge in [-0.25, -0.2) is 9.00 Å². The molecule has 21 heavy (non-hydrogen) atoms. The van der Waals surface area contributed by atoms with E-state index in [1.807, 2.05) is 6.07 Å². The first kappa shape index (κ1) is 15.7. The molecule has 1 saturated heterocycles. The summed E-state index contributed by atoms with van der Waals surface area (Å²) in [6.07, 6.45) is 2.24. The second-order valence-electron chi connectivity index (χ2n) is 4.74. The van der Waals surface area contributed by atoms with Gasteiger partial charge in [0.1, 0.15) is 0 Å². The van der Waals surface area contributed by atoms with Crippen LogP contribution in [0.3, 0.4) is 0 Å². The number of pyridine rings is 1. The van der Waals surface area contributed by atoms with Crippen molar-refractivity contribution < 1.29 is 18.3 Å². The van der Waals surface area contributed by atoms with Crippen LogP contribution in [0, 0.1) is 0 Å².